The predicted octanol–water partition coefficient (Wildman–Crippen LogP) is 4.48. The van der Waals surface area contributed by atoms with E-state index < -0.39 is 6.23 Å². The second-order valence-electron chi connectivity index (χ2n) is 8.21. The monoisotopic (exact) mass is 425 g/mol. The molecular formula is C22H24BrN3O. The molecule has 3 aliphatic rings. The van der Waals surface area contributed by atoms with Gasteiger partial charge in [0.1, 0.15) is 0 Å². The van der Waals surface area contributed by atoms with Gasteiger partial charge in [0.25, 0.3) is 0 Å². The molecule has 3 heterocycles. The Hall–Kier alpha value is -1.72. The molecule has 0 radical (unpaired) electrons. The molecular weight excluding hydrogens is 402 g/mol. The number of nitrogens with zero attached hydrogens (tertiary/aromatic N) is 3. The van der Waals surface area contributed by atoms with Crippen LogP contribution in [0, 0.1) is 11.8 Å². The van der Waals surface area contributed by atoms with Crippen molar-refractivity contribution in [1.82, 2.24) is 4.98 Å². The van der Waals surface area contributed by atoms with Crippen LogP contribution in [0.2, 0.25) is 0 Å². The number of anilines is 1. The Labute approximate surface area is 168 Å². The Balaban J connectivity index is 1.47. The zero-order valence-electron chi connectivity index (χ0n) is 15.6. The number of halogens is 1. The molecule has 0 spiro atoms. The average Bonchev–Trinajstić information content (AvgIpc) is 3.42. The fourth-order valence-electron chi connectivity index (χ4n) is 5.04. The first-order valence-electron chi connectivity index (χ1n) is 9.75. The second-order valence-corrected chi connectivity index (χ2v) is 9.13. The molecule has 2 aliphatic heterocycles. The summed E-state index contributed by atoms with van der Waals surface area (Å²) in [6.45, 7) is 5.30. The lowest BCUT2D eigenvalue weighted by atomic mass is 9.80. The number of aliphatic hydroxyl groups is 1. The van der Waals surface area contributed by atoms with Gasteiger partial charge in [-0.1, -0.05) is 28.9 Å². The van der Waals surface area contributed by atoms with Crippen LogP contribution in [0.25, 0.3) is 0 Å². The Bertz CT molecular complexity index is 928. The molecule has 1 N–H and O–H groups in total. The van der Waals surface area contributed by atoms with Crippen molar-refractivity contribution < 1.29 is 5.11 Å². The van der Waals surface area contributed by atoms with Crippen molar-refractivity contribution in [2.45, 2.75) is 44.9 Å². The molecule has 4 nitrogen and oxygen atoms in total. The van der Waals surface area contributed by atoms with Gasteiger partial charge in [-0.2, -0.15) is 0 Å². The summed E-state index contributed by atoms with van der Waals surface area (Å²) < 4.78 is 1.06. The first kappa shape index (κ1) is 17.4. The molecule has 5 atom stereocenters. The van der Waals surface area contributed by atoms with E-state index in [9.17, 15) is 5.11 Å². The second kappa shape index (κ2) is 6.42. The third-order valence-electron chi connectivity index (χ3n) is 6.56. The Morgan fingerprint density at radius 2 is 2.07 bits per heavy atom. The van der Waals surface area contributed by atoms with Gasteiger partial charge in [-0.15, -0.1) is 0 Å². The smallest absolute Gasteiger partial charge is 0.153 e. The van der Waals surface area contributed by atoms with Crippen LogP contribution in [0.3, 0.4) is 0 Å². The maximum Gasteiger partial charge on any atom is 0.153 e. The van der Waals surface area contributed by atoms with Gasteiger partial charge in [0.2, 0.25) is 0 Å². The van der Waals surface area contributed by atoms with E-state index in [2.05, 4.69) is 51.8 Å². The van der Waals surface area contributed by atoms with Crippen LogP contribution in [0.5, 0.6) is 0 Å². The molecule has 5 unspecified atom stereocenters. The minimum atomic E-state index is -0.634. The van der Waals surface area contributed by atoms with Crippen LogP contribution in [0.4, 0.5) is 5.69 Å². The van der Waals surface area contributed by atoms with E-state index in [-0.39, 0.29) is 0 Å². The SMILES string of the molecule is CC1=NC2CC2C(C)C1c1cncc(N2CCc3cc(Br)ccc3C2O)c1. The zero-order chi connectivity index (χ0) is 18.7. The maximum atomic E-state index is 11.0. The largest absolute Gasteiger partial charge is 0.369 e. The lowest BCUT2D eigenvalue weighted by molar-refractivity contribution is 0.164. The average molecular weight is 426 g/mol. The van der Waals surface area contributed by atoms with E-state index in [0.29, 0.717) is 17.9 Å². The third kappa shape index (κ3) is 2.92. The van der Waals surface area contributed by atoms with Crippen molar-refractivity contribution >= 4 is 27.3 Å². The molecule has 1 fully saturated rings. The van der Waals surface area contributed by atoms with E-state index in [0.717, 1.165) is 34.6 Å². The highest BCUT2D eigenvalue weighted by molar-refractivity contribution is 9.10. The number of aromatic nitrogens is 1. The number of benzene rings is 1. The van der Waals surface area contributed by atoms with Gasteiger partial charge in [-0.3, -0.25) is 9.98 Å². The fourth-order valence-corrected chi connectivity index (χ4v) is 5.45. The number of hydrogen-bond acceptors (Lipinski definition) is 4. The van der Waals surface area contributed by atoms with Crippen LogP contribution in [-0.4, -0.2) is 28.4 Å². The Morgan fingerprint density at radius 3 is 2.93 bits per heavy atom. The molecule has 1 aromatic heterocycles. The van der Waals surface area contributed by atoms with Gasteiger partial charge >= 0.3 is 0 Å². The summed E-state index contributed by atoms with van der Waals surface area (Å²) in [6, 6.07) is 8.90. The van der Waals surface area contributed by atoms with E-state index in [1.165, 1.54) is 23.3 Å². The van der Waals surface area contributed by atoms with Gasteiger partial charge in [-0.05, 0) is 60.9 Å². The summed E-state index contributed by atoms with van der Waals surface area (Å²) in [5.74, 6) is 1.67. The quantitative estimate of drug-likeness (QED) is 0.771. The van der Waals surface area contributed by atoms with Gasteiger partial charge in [0.05, 0.1) is 17.9 Å². The van der Waals surface area contributed by atoms with Crippen molar-refractivity contribution in [3.63, 3.8) is 0 Å². The number of aliphatic hydroxyl groups excluding tert-OH is 1. The summed E-state index contributed by atoms with van der Waals surface area (Å²) in [4.78, 5) is 11.5. The van der Waals surface area contributed by atoms with Crippen molar-refractivity contribution in [3.05, 3.63) is 57.8 Å². The van der Waals surface area contributed by atoms with Crippen LogP contribution in [0.1, 0.15) is 49.1 Å². The highest BCUT2D eigenvalue weighted by Gasteiger charge is 2.48. The Morgan fingerprint density at radius 1 is 1.22 bits per heavy atom. The maximum absolute atomic E-state index is 11.0. The number of aliphatic imine (C=N–C) groups is 1. The van der Waals surface area contributed by atoms with Gasteiger partial charge < -0.3 is 10.0 Å². The molecule has 1 aliphatic carbocycles. The lowest BCUT2D eigenvalue weighted by Crippen LogP contribution is -2.35. The normalized spacial score (nSPS) is 31.8. The number of pyridine rings is 1. The number of rotatable bonds is 2. The minimum Gasteiger partial charge on any atom is -0.369 e. The third-order valence-corrected chi connectivity index (χ3v) is 7.05. The summed E-state index contributed by atoms with van der Waals surface area (Å²) in [7, 11) is 0. The number of fused-ring (bicyclic) bond motifs is 2. The molecule has 5 heteroatoms. The molecule has 0 bridgehead atoms. The summed E-state index contributed by atoms with van der Waals surface area (Å²) >= 11 is 3.53. The highest BCUT2D eigenvalue weighted by atomic mass is 79.9. The van der Waals surface area contributed by atoms with Gasteiger partial charge in [0, 0.05) is 34.4 Å². The molecule has 0 saturated heterocycles. The van der Waals surface area contributed by atoms with Crippen molar-refractivity contribution in [2.75, 3.05) is 11.4 Å². The lowest BCUT2D eigenvalue weighted by Gasteiger charge is -2.36. The van der Waals surface area contributed by atoms with Crippen molar-refractivity contribution in [2.24, 2.45) is 16.8 Å². The summed E-state index contributed by atoms with van der Waals surface area (Å²) in [5, 5.41) is 11.0. The summed E-state index contributed by atoms with van der Waals surface area (Å²) in [6.07, 6.45) is 5.37. The standard InChI is InChI=1S/C22H24BrN3O/c1-12-19-9-20(19)25-13(2)21(12)15-8-17(11-24-10-15)26-6-5-14-7-16(23)3-4-18(14)22(26)27/h3-4,7-8,10-12,19-22,27H,5-6,9H2,1-2H3. The van der Waals surface area contributed by atoms with Crippen molar-refractivity contribution in [1.29, 1.82) is 0 Å². The van der Waals surface area contributed by atoms with Crippen LogP contribution in [-0.2, 0) is 6.42 Å². The van der Waals surface area contributed by atoms with Crippen LogP contribution < -0.4 is 4.90 Å². The minimum absolute atomic E-state index is 0.339. The predicted molar refractivity (Wildman–Crippen MR) is 111 cm³/mol. The van der Waals surface area contributed by atoms with Gasteiger partial charge in [0.15, 0.2) is 6.23 Å². The molecule has 2 aromatic rings. The summed E-state index contributed by atoms with van der Waals surface area (Å²) in [5.41, 5.74) is 5.64. The molecule has 0 amide bonds. The van der Waals surface area contributed by atoms with Crippen LogP contribution in [0.15, 0.2) is 46.1 Å². The fraction of sp³-hybridized carbons (Fsp3) is 0.455. The van der Waals surface area contributed by atoms with E-state index >= 15 is 0 Å². The molecule has 140 valence electrons. The topological polar surface area (TPSA) is 48.7 Å². The van der Waals surface area contributed by atoms with E-state index in [1.54, 1.807) is 0 Å². The van der Waals surface area contributed by atoms with Crippen molar-refractivity contribution in [3.8, 4) is 0 Å². The Kier molecular flexibility index (Phi) is 4.13. The first-order valence-corrected chi connectivity index (χ1v) is 10.5. The first-order chi connectivity index (χ1) is 13.0. The van der Waals surface area contributed by atoms with Crippen LogP contribution >= 0.6 is 15.9 Å². The van der Waals surface area contributed by atoms with E-state index in [4.69, 9.17) is 4.99 Å². The molecule has 5 rings (SSSR count). The molecule has 27 heavy (non-hydrogen) atoms. The highest BCUT2D eigenvalue weighted by Crippen LogP contribution is 2.50. The van der Waals surface area contributed by atoms with E-state index in [1.807, 2.05) is 24.5 Å². The molecule has 1 saturated carbocycles. The molecule has 1 aromatic carbocycles. The van der Waals surface area contributed by atoms with Gasteiger partial charge in [-0.25, -0.2) is 0 Å². The number of hydrogen-bond donors (Lipinski definition) is 1. The zero-order valence-corrected chi connectivity index (χ0v) is 17.2.